The molecule has 8 rings (SSSR count). The molecule has 8 nitrogen and oxygen atoms in total. The van der Waals surface area contributed by atoms with Crippen LogP contribution in [0.4, 0.5) is 0 Å². The van der Waals surface area contributed by atoms with Crippen LogP contribution in [0.1, 0.15) is 17.4 Å². The molecule has 2 saturated heterocycles. The molecular weight excluding hydrogens is 670 g/mol. The van der Waals surface area contributed by atoms with Crippen molar-refractivity contribution in [2.75, 3.05) is 6.61 Å². The zero-order valence-electron chi connectivity index (χ0n) is 28.7. The van der Waals surface area contributed by atoms with E-state index in [0.717, 1.165) is 33.1 Å². The minimum absolute atomic E-state index is 0.308. The molecule has 1 aromatic heterocycles. The number of hydrogen-bond acceptors (Lipinski definition) is 8. The SMILES string of the molecule is C[Si](C)(C)c1cccc2c1op(OC1C3N=C(c4ccccc4)O[C@@H]3OC3COC(c4ccccc4)O[C@H]31)oc1c([Si](C)(C)C)cccc12. The molecule has 0 aliphatic carbocycles. The van der Waals surface area contributed by atoms with Gasteiger partial charge in [0.05, 0.1) is 22.8 Å². The summed E-state index contributed by atoms with van der Waals surface area (Å²) < 4.78 is 46.9. The van der Waals surface area contributed by atoms with Crippen molar-refractivity contribution in [3.63, 3.8) is 0 Å². The van der Waals surface area contributed by atoms with Crippen molar-refractivity contribution >= 4 is 62.6 Å². The summed E-state index contributed by atoms with van der Waals surface area (Å²) in [5, 5.41) is 4.51. The van der Waals surface area contributed by atoms with Crippen LogP contribution in [0.15, 0.2) is 110 Å². The van der Waals surface area contributed by atoms with Crippen molar-refractivity contribution in [2.24, 2.45) is 4.99 Å². The monoisotopic (exact) mass is 711 g/mol. The lowest BCUT2D eigenvalue weighted by molar-refractivity contribution is -0.324. The molecular formula is C38H42NO7PSi2. The van der Waals surface area contributed by atoms with Gasteiger partial charge in [-0.1, -0.05) is 124 Å². The molecule has 5 aromatic rings. The average Bonchev–Trinajstić information content (AvgIpc) is 3.45. The number of benzene rings is 4. The second kappa shape index (κ2) is 12.7. The highest BCUT2D eigenvalue weighted by molar-refractivity contribution is 7.32. The van der Waals surface area contributed by atoms with E-state index < -0.39 is 61.3 Å². The quantitative estimate of drug-likeness (QED) is 0.166. The Morgan fingerprint density at radius 2 is 1.29 bits per heavy atom. The Labute approximate surface area is 289 Å². The second-order valence-electron chi connectivity index (χ2n) is 15.0. The Kier molecular flexibility index (Phi) is 8.47. The third-order valence-corrected chi connectivity index (χ3v) is 14.5. The fourth-order valence-corrected chi connectivity index (χ4v) is 11.2. The summed E-state index contributed by atoms with van der Waals surface area (Å²) in [5.74, 6) is 0.511. The summed E-state index contributed by atoms with van der Waals surface area (Å²) in [7, 11) is -5.67. The third-order valence-electron chi connectivity index (χ3n) is 9.37. The van der Waals surface area contributed by atoms with E-state index in [1.165, 1.54) is 10.4 Å². The van der Waals surface area contributed by atoms with E-state index in [0.29, 0.717) is 12.5 Å². The van der Waals surface area contributed by atoms with E-state index in [2.05, 4.69) is 75.7 Å². The molecule has 0 N–H and O–H groups in total. The highest BCUT2D eigenvalue weighted by Gasteiger charge is 2.55. The van der Waals surface area contributed by atoms with Gasteiger partial charge in [-0.25, -0.2) is 4.99 Å². The number of hydrogen-bond donors (Lipinski definition) is 0. The number of para-hydroxylation sites is 2. The zero-order valence-corrected chi connectivity index (χ0v) is 31.6. The summed E-state index contributed by atoms with van der Waals surface area (Å²) in [6.07, 6.45) is -2.86. The first-order valence-electron chi connectivity index (χ1n) is 16.9. The van der Waals surface area contributed by atoms with Crippen molar-refractivity contribution < 1.29 is 31.9 Å². The van der Waals surface area contributed by atoms with Crippen LogP contribution in [0.3, 0.4) is 0 Å². The topological polar surface area (TPSA) is 84.8 Å². The van der Waals surface area contributed by atoms with Gasteiger partial charge < -0.3 is 27.3 Å². The van der Waals surface area contributed by atoms with Crippen LogP contribution in [0.25, 0.3) is 21.9 Å². The van der Waals surface area contributed by atoms with Gasteiger partial charge in [0, 0.05) is 21.9 Å². The van der Waals surface area contributed by atoms with Crippen molar-refractivity contribution in [3.05, 3.63) is 108 Å². The summed E-state index contributed by atoms with van der Waals surface area (Å²) >= 11 is 0. The molecule has 3 aliphatic rings. The standard InChI is InChI=1S/C38H42NO7PSi2/c1-48(2,3)29-21-13-19-26-27-20-14-22-30(49(4,5)6)33(27)45-47(44-32(26)29)46-35-31-38(43-36(39-31)24-15-9-7-10-16-24)41-28-23-40-37(42-34(28)35)25-17-11-8-12-18-25/h7-22,28,31,34-35,37-38H,23H2,1-6H3/t28?,31?,34-,35?,37?,38+/m1/s1. The molecule has 49 heavy (non-hydrogen) atoms. The van der Waals surface area contributed by atoms with Gasteiger partial charge in [0.25, 0.3) is 0 Å². The molecule has 3 aliphatic heterocycles. The van der Waals surface area contributed by atoms with Crippen LogP contribution >= 0.6 is 8.24 Å². The Morgan fingerprint density at radius 3 is 1.88 bits per heavy atom. The van der Waals surface area contributed by atoms with Crippen LogP contribution in [0, 0.1) is 0 Å². The molecule has 0 spiro atoms. The minimum Gasteiger partial charge on any atom is -0.445 e. The van der Waals surface area contributed by atoms with E-state index in [4.69, 9.17) is 36.9 Å². The van der Waals surface area contributed by atoms with Crippen molar-refractivity contribution in [2.45, 2.75) is 76.2 Å². The maximum atomic E-state index is 7.12. The largest absolute Gasteiger partial charge is 0.445 e. The summed E-state index contributed by atoms with van der Waals surface area (Å²) in [4.78, 5) is 5.08. The Hall–Kier alpha value is -3.48. The summed E-state index contributed by atoms with van der Waals surface area (Å²) in [6, 6.07) is 32.2. The Bertz CT molecular complexity index is 1980. The maximum Gasteiger partial charge on any atom is 0.387 e. The Balaban J connectivity index is 1.31. The number of ether oxygens (including phenoxy) is 4. The van der Waals surface area contributed by atoms with E-state index in [1.54, 1.807) is 0 Å². The summed E-state index contributed by atoms with van der Waals surface area (Å²) in [5.41, 5.74) is 3.47. The molecule has 0 radical (unpaired) electrons. The average molecular weight is 712 g/mol. The van der Waals surface area contributed by atoms with Gasteiger partial charge >= 0.3 is 8.24 Å². The van der Waals surface area contributed by atoms with E-state index >= 15 is 0 Å². The molecule has 4 heterocycles. The van der Waals surface area contributed by atoms with E-state index in [1.807, 2.05) is 60.7 Å². The highest BCUT2D eigenvalue weighted by Crippen LogP contribution is 2.42. The minimum atomic E-state index is -1.97. The molecule has 254 valence electrons. The highest BCUT2D eigenvalue weighted by atomic mass is 31.1. The van der Waals surface area contributed by atoms with Crippen LogP contribution in [-0.2, 0) is 18.9 Å². The molecule has 4 aromatic carbocycles. The van der Waals surface area contributed by atoms with E-state index in [9.17, 15) is 0 Å². The lowest BCUT2D eigenvalue weighted by Gasteiger charge is -2.45. The predicted molar refractivity (Wildman–Crippen MR) is 199 cm³/mol. The lowest BCUT2D eigenvalue weighted by Crippen LogP contribution is -2.62. The second-order valence-corrected chi connectivity index (χ2v) is 26.1. The molecule has 0 amide bonds. The molecule has 11 heteroatoms. The molecule has 6 atom stereocenters. The summed E-state index contributed by atoms with van der Waals surface area (Å²) in [6.45, 7) is 14.3. The fourth-order valence-electron chi connectivity index (χ4n) is 6.88. The normalized spacial score (nSPS) is 25.4. The van der Waals surface area contributed by atoms with Crippen molar-refractivity contribution in [1.29, 1.82) is 0 Å². The van der Waals surface area contributed by atoms with Crippen LogP contribution in [0.5, 0.6) is 0 Å². The lowest BCUT2D eigenvalue weighted by atomic mass is 9.96. The molecule has 2 fully saturated rings. The zero-order chi connectivity index (χ0) is 33.9. The number of rotatable bonds is 6. The van der Waals surface area contributed by atoms with Gasteiger partial charge in [-0.15, -0.1) is 0 Å². The fraction of sp³-hybridized carbons (Fsp3) is 0.342. The van der Waals surface area contributed by atoms with Crippen molar-refractivity contribution in [1.82, 2.24) is 0 Å². The number of fused-ring (bicyclic) bond motifs is 5. The number of nitrogens with zero attached hydrogens (tertiary/aromatic N) is 1. The number of aliphatic imine (C=N–C) groups is 1. The van der Waals surface area contributed by atoms with Crippen LogP contribution in [-0.4, -0.2) is 59.3 Å². The maximum absolute atomic E-state index is 7.12. The first-order valence-corrected chi connectivity index (χ1v) is 25.0. The first kappa shape index (κ1) is 32.7. The van der Waals surface area contributed by atoms with Gasteiger partial charge in [0.1, 0.15) is 35.5 Å². The van der Waals surface area contributed by atoms with Crippen molar-refractivity contribution in [3.8, 4) is 0 Å². The van der Waals surface area contributed by atoms with Gasteiger partial charge in [0.15, 0.2) is 6.29 Å². The van der Waals surface area contributed by atoms with Crippen LogP contribution < -0.4 is 14.9 Å². The van der Waals surface area contributed by atoms with Crippen LogP contribution in [0.2, 0.25) is 39.3 Å². The molecule has 0 bridgehead atoms. The smallest absolute Gasteiger partial charge is 0.387 e. The third kappa shape index (κ3) is 6.25. The first-order chi connectivity index (χ1) is 23.5. The van der Waals surface area contributed by atoms with Gasteiger partial charge in [-0.05, 0) is 22.5 Å². The van der Waals surface area contributed by atoms with Gasteiger partial charge in [-0.3, -0.25) is 4.52 Å². The van der Waals surface area contributed by atoms with E-state index in [-0.39, 0.29) is 0 Å². The molecule has 0 saturated carbocycles. The molecule has 4 unspecified atom stereocenters. The predicted octanol–water partition coefficient (Wildman–Crippen LogP) is 7.86. The Morgan fingerprint density at radius 1 is 0.694 bits per heavy atom. The van der Waals surface area contributed by atoms with Gasteiger partial charge in [-0.2, -0.15) is 0 Å². The van der Waals surface area contributed by atoms with Gasteiger partial charge in [0.2, 0.25) is 12.2 Å².